The molecule has 2 rings (SSSR count). The van der Waals surface area contributed by atoms with Gasteiger partial charge in [0, 0.05) is 9.86 Å². The highest BCUT2D eigenvalue weighted by Gasteiger charge is 2.02. The summed E-state index contributed by atoms with van der Waals surface area (Å²) < 4.78 is 2.42. The smallest absolute Gasteiger partial charge is 0.188 e. The molecule has 0 saturated carbocycles. The molecule has 3 nitrogen and oxygen atoms in total. The average Bonchev–Trinajstić information content (AvgIpc) is 2.06. The Hall–Kier alpha value is -1.16. The van der Waals surface area contributed by atoms with Gasteiger partial charge >= 0.3 is 0 Å². The Morgan fingerprint density at radius 3 is 3.00 bits per heavy atom. The molecule has 4 heteroatoms. The molecule has 0 atom stereocenters. The molecule has 0 fully saturated rings. The molecule has 0 N–H and O–H groups in total. The molecule has 0 unspecified atom stereocenters. The van der Waals surface area contributed by atoms with Gasteiger partial charge in [-0.2, -0.15) is 0 Å². The highest BCUT2D eigenvalue weighted by molar-refractivity contribution is 9.10. The third-order valence-electron chi connectivity index (χ3n) is 1.79. The molecule has 1 heterocycles. The van der Waals surface area contributed by atoms with Gasteiger partial charge in [0.1, 0.15) is 5.52 Å². The van der Waals surface area contributed by atoms with Gasteiger partial charge < -0.3 is 5.11 Å². The minimum Gasteiger partial charge on any atom is -0.868 e. The number of rotatable bonds is 0. The van der Waals surface area contributed by atoms with Gasteiger partial charge in [-0.25, -0.2) is 0 Å². The van der Waals surface area contributed by atoms with Crippen LogP contribution in [0.25, 0.3) is 10.9 Å². The highest BCUT2D eigenvalue weighted by atomic mass is 79.9. The molecule has 0 radical (unpaired) electrons. The van der Waals surface area contributed by atoms with E-state index in [9.17, 15) is 5.11 Å². The van der Waals surface area contributed by atoms with Crippen molar-refractivity contribution in [2.45, 2.75) is 0 Å². The van der Waals surface area contributed by atoms with Gasteiger partial charge in [-0.1, -0.05) is 20.6 Å². The molecule has 0 aliphatic heterocycles. The Balaban J connectivity index is 2.87. The van der Waals surface area contributed by atoms with Gasteiger partial charge in [0.15, 0.2) is 13.2 Å². The zero-order valence-corrected chi connectivity index (χ0v) is 8.58. The first-order valence-corrected chi connectivity index (χ1v) is 4.59. The lowest BCUT2D eigenvalue weighted by molar-refractivity contribution is -0.730. The van der Waals surface area contributed by atoms with Crippen LogP contribution < -0.4 is 9.79 Å². The van der Waals surface area contributed by atoms with Crippen molar-refractivity contribution in [1.29, 1.82) is 0 Å². The molecule has 0 aliphatic rings. The Bertz CT molecular complexity index is 470. The van der Waals surface area contributed by atoms with Crippen LogP contribution in [0.1, 0.15) is 0 Å². The van der Waals surface area contributed by atoms with E-state index >= 15 is 0 Å². The van der Waals surface area contributed by atoms with Crippen LogP contribution in [0.3, 0.4) is 0 Å². The molecular formula is C9H7BrN2O. The third-order valence-corrected chi connectivity index (χ3v) is 2.29. The first kappa shape index (κ1) is 8.44. The van der Waals surface area contributed by atoms with Crippen molar-refractivity contribution in [3.8, 4) is 5.75 Å². The predicted octanol–water partition coefficient (Wildman–Crippen LogP) is 0.895. The van der Waals surface area contributed by atoms with Crippen molar-refractivity contribution in [2.24, 2.45) is 7.05 Å². The predicted molar refractivity (Wildman–Crippen MR) is 50.1 cm³/mol. The second-order valence-corrected chi connectivity index (χ2v) is 3.74. The molecule has 1 aromatic carbocycles. The molecule has 66 valence electrons. The fourth-order valence-corrected chi connectivity index (χ4v) is 1.59. The lowest BCUT2D eigenvalue weighted by atomic mass is 10.2. The SMILES string of the molecule is C[n+]1cc([O-])c2cc(Br)ccc2n1. The van der Waals surface area contributed by atoms with E-state index in [1.807, 2.05) is 12.1 Å². The van der Waals surface area contributed by atoms with Gasteiger partial charge in [0.25, 0.3) is 0 Å². The standard InChI is InChI=1S/C9H7BrN2O/c1-12-5-9(13)7-4-6(10)2-3-8(7)11-12/h2-5H,1H3. The van der Waals surface area contributed by atoms with Crippen molar-refractivity contribution < 1.29 is 9.79 Å². The highest BCUT2D eigenvalue weighted by Crippen LogP contribution is 2.22. The van der Waals surface area contributed by atoms with Crippen LogP contribution in [0.4, 0.5) is 0 Å². The Morgan fingerprint density at radius 1 is 1.46 bits per heavy atom. The summed E-state index contributed by atoms with van der Waals surface area (Å²) in [5.74, 6) is -0.00574. The van der Waals surface area contributed by atoms with Gasteiger partial charge in [-0.05, 0) is 29.0 Å². The maximum atomic E-state index is 11.5. The van der Waals surface area contributed by atoms with E-state index in [1.54, 1.807) is 13.1 Å². The number of fused-ring (bicyclic) bond motifs is 1. The number of hydrogen-bond donors (Lipinski definition) is 0. The number of hydrogen-bond acceptors (Lipinski definition) is 2. The van der Waals surface area contributed by atoms with Crippen LogP contribution in [-0.2, 0) is 7.05 Å². The lowest BCUT2D eigenvalue weighted by Crippen LogP contribution is -2.32. The third kappa shape index (κ3) is 1.49. The van der Waals surface area contributed by atoms with E-state index in [-0.39, 0.29) is 5.75 Å². The van der Waals surface area contributed by atoms with Crippen LogP contribution in [-0.4, -0.2) is 5.10 Å². The number of nitrogens with zero attached hydrogens (tertiary/aromatic N) is 2. The van der Waals surface area contributed by atoms with E-state index < -0.39 is 0 Å². The maximum Gasteiger partial charge on any atom is 0.188 e. The number of benzene rings is 1. The average molecular weight is 239 g/mol. The summed E-state index contributed by atoms with van der Waals surface area (Å²) in [6.07, 6.45) is 1.47. The van der Waals surface area contributed by atoms with Gasteiger partial charge in [0.2, 0.25) is 0 Å². The Labute approximate surface area is 83.8 Å². The normalized spacial score (nSPS) is 10.6. The van der Waals surface area contributed by atoms with E-state index in [0.717, 1.165) is 9.99 Å². The molecule has 0 amide bonds. The van der Waals surface area contributed by atoms with Crippen LogP contribution in [0.2, 0.25) is 0 Å². The van der Waals surface area contributed by atoms with Gasteiger partial charge in [-0.3, -0.25) is 0 Å². The minimum absolute atomic E-state index is 0.00574. The van der Waals surface area contributed by atoms with Crippen LogP contribution in [0.5, 0.6) is 5.75 Å². The van der Waals surface area contributed by atoms with E-state index in [0.29, 0.717) is 5.39 Å². The van der Waals surface area contributed by atoms with E-state index in [1.165, 1.54) is 10.9 Å². The van der Waals surface area contributed by atoms with Crippen LogP contribution >= 0.6 is 15.9 Å². The van der Waals surface area contributed by atoms with Gasteiger partial charge in [-0.15, -0.1) is 0 Å². The molecule has 0 spiro atoms. The summed E-state index contributed by atoms with van der Waals surface area (Å²) in [6.45, 7) is 0. The first-order chi connectivity index (χ1) is 6.16. The van der Waals surface area contributed by atoms with E-state index in [4.69, 9.17) is 0 Å². The quantitative estimate of drug-likeness (QED) is 0.640. The van der Waals surface area contributed by atoms with Crippen molar-refractivity contribution in [3.63, 3.8) is 0 Å². The van der Waals surface area contributed by atoms with Gasteiger partial charge in [0.05, 0.1) is 0 Å². The number of halogens is 1. The topological polar surface area (TPSA) is 39.8 Å². The second kappa shape index (κ2) is 2.96. The first-order valence-electron chi connectivity index (χ1n) is 3.80. The molecule has 1 aromatic heterocycles. The van der Waals surface area contributed by atoms with E-state index in [2.05, 4.69) is 21.0 Å². The maximum absolute atomic E-state index is 11.5. The zero-order chi connectivity index (χ0) is 9.42. The summed E-state index contributed by atoms with van der Waals surface area (Å²) in [6, 6.07) is 5.47. The monoisotopic (exact) mass is 238 g/mol. The fourth-order valence-electron chi connectivity index (χ4n) is 1.23. The number of aryl methyl sites for hydroxylation is 1. The van der Waals surface area contributed by atoms with Crippen LogP contribution in [0.15, 0.2) is 28.9 Å². The lowest BCUT2D eigenvalue weighted by Gasteiger charge is -2.05. The molecule has 0 bridgehead atoms. The van der Waals surface area contributed by atoms with Crippen molar-refractivity contribution in [2.75, 3.05) is 0 Å². The summed E-state index contributed by atoms with van der Waals surface area (Å²) in [7, 11) is 1.74. The second-order valence-electron chi connectivity index (χ2n) is 2.83. The van der Waals surface area contributed by atoms with Crippen molar-refractivity contribution in [1.82, 2.24) is 5.10 Å². The summed E-state index contributed by atoms with van der Waals surface area (Å²) in [5, 5.41) is 16.3. The molecular weight excluding hydrogens is 232 g/mol. The largest absolute Gasteiger partial charge is 0.868 e. The summed E-state index contributed by atoms with van der Waals surface area (Å²) in [5.41, 5.74) is 0.721. The molecule has 0 aliphatic carbocycles. The van der Waals surface area contributed by atoms with Crippen LogP contribution in [0, 0.1) is 0 Å². The summed E-state index contributed by atoms with van der Waals surface area (Å²) in [4.78, 5) is 0. The van der Waals surface area contributed by atoms with Crippen molar-refractivity contribution >= 4 is 26.8 Å². The summed E-state index contributed by atoms with van der Waals surface area (Å²) >= 11 is 3.31. The molecule has 13 heavy (non-hydrogen) atoms. The van der Waals surface area contributed by atoms with Crippen molar-refractivity contribution in [3.05, 3.63) is 28.9 Å². The Morgan fingerprint density at radius 2 is 2.23 bits per heavy atom. The molecule has 0 saturated heterocycles. The fraction of sp³-hybridized carbons (Fsp3) is 0.111. The Kier molecular flexibility index (Phi) is 1.92. The zero-order valence-electron chi connectivity index (χ0n) is 6.99. The molecule has 2 aromatic rings. The number of aromatic nitrogens is 2. The minimum atomic E-state index is -0.00574.